The Bertz CT molecular complexity index is 623. The van der Waals surface area contributed by atoms with E-state index < -0.39 is 5.91 Å². The van der Waals surface area contributed by atoms with Crippen LogP contribution < -0.4 is 5.32 Å². The van der Waals surface area contributed by atoms with E-state index in [1.165, 1.54) is 6.26 Å². The van der Waals surface area contributed by atoms with E-state index >= 15 is 0 Å². The van der Waals surface area contributed by atoms with Crippen LogP contribution in [-0.4, -0.2) is 36.5 Å². The Hall–Kier alpha value is -2.75. The summed E-state index contributed by atoms with van der Waals surface area (Å²) < 4.78 is 10.2. The van der Waals surface area contributed by atoms with Gasteiger partial charge in [0.15, 0.2) is 0 Å². The molecule has 1 aliphatic heterocycles. The molecule has 1 fully saturated rings. The highest BCUT2D eigenvalue weighted by atomic mass is 16.5. The molecule has 0 aromatic carbocycles. The smallest absolute Gasteiger partial charge is 0.309 e. The second kappa shape index (κ2) is 8.77. The molecule has 0 spiro atoms. The Balaban J connectivity index is 1.85. The van der Waals surface area contributed by atoms with Gasteiger partial charge in [0, 0.05) is 19.3 Å². The molecule has 1 saturated heterocycles. The molecule has 24 heavy (non-hydrogen) atoms. The summed E-state index contributed by atoms with van der Waals surface area (Å²) in [4.78, 5) is 25.7. The SMILES string of the molecule is CCOC(=O)C1CCN(/C=C(/C#N)C(=O)NCc2ccco2)CC1. The van der Waals surface area contributed by atoms with Crippen LogP contribution in [-0.2, 0) is 20.9 Å². The van der Waals surface area contributed by atoms with Gasteiger partial charge in [-0.15, -0.1) is 0 Å². The third kappa shape index (κ3) is 4.88. The van der Waals surface area contributed by atoms with Crippen LogP contribution in [0, 0.1) is 17.2 Å². The minimum atomic E-state index is -0.443. The van der Waals surface area contributed by atoms with Gasteiger partial charge in [0.1, 0.15) is 17.4 Å². The lowest BCUT2D eigenvalue weighted by Gasteiger charge is -2.30. The normalized spacial score (nSPS) is 15.7. The summed E-state index contributed by atoms with van der Waals surface area (Å²) in [6.07, 6.45) is 4.39. The molecule has 0 unspecified atom stereocenters. The van der Waals surface area contributed by atoms with Gasteiger partial charge in [-0.1, -0.05) is 0 Å². The number of carbonyl (C=O) groups is 2. The van der Waals surface area contributed by atoms with E-state index in [1.807, 2.05) is 11.0 Å². The fourth-order valence-electron chi connectivity index (χ4n) is 2.52. The second-order valence-corrected chi connectivity index (χ2v) is 5.48. The molecule has 1 amide bonds. The number of likely N-dealkylation sites (tertiary alicyclic amines) is 1. The molecule has 2 rings (SSSR count). The van der Waals surface area contributed by atoms with E-state index in [4.69, 9.17) is 9.15 Å². The van der Waals surface area contributed by atoms with Crippen LogP contribution in [0.5, 0.6) is 0 Å². The predicted octanol–water partition coefficient (Wildman–Crippen LogP) is 1.58. The molecule has 7 heteroatoms. The van der Waals surface area contributed by atoms with Crippen LogP contribution in [0.2, 0.25) is 0 Å². The number of hydrogen-bond acceptors (Lipinski definition) is 6. The molecule has 1 aromatic rings. The van der Waals surface area contributed by atoms with Crippen molar-refractivity contribution in [3.05, 3.63) is 35.9 Å². The molecule has 7 nitrogen and oxygen atoms in total. The number of nitrogens with zero attached hydrogens (tertiary/aromatic N) is 2. The number of nitrogens with one attached hydrogen (secondary N) is 1. The number of rotatable bonds is 6. The Kier molecular flexibility index (Phi) is 6.43. The highest BCUT2D eigenvalue weighted by Crippen LogP contribution is 2.19. The predicted molar refractivity (Wildman–Crippen MR) is 85.2 cm³/mol. The number of piperidine rings is 1. The van der Waals surface area contributed by atoms with E-state index in [1.54, 1.807) is 25.3 Å². The highest BCUT2D eigenvalue weighted by Gasteiger charge is 2.25. The zero-order valence-corrected chi connectivity index (χ0v) is 13.7. The van der Waals surface area contributed by atoms with Crippen molar-refractivity contribution in [1.82, 2.24) is 10.2 Å². The largest absolute Gasteiger partial charge is 0.467 e. The fraction of sp³-hybridized carbons (Fsp3) is 0.471. The van der Waals surface area contributed by atoms with Gasteiger partial charge in [0.25, 0.3) is 5.91 Å². The number of amides is 1. The van der Waals surface area contributed by atoms with E-state index in [9.17, 15) is 14.9 Å². The maximum atomic E-state index is 12.1. The second-order valence-electron chi connectivity index (χ2n) is 5.48. The van der Waals surface area contributed by atoms with Gasteiger partial charge in [-0.3, -0.25) is 9.59 Å². The van der Waals surface area contributed by atoms with Crippen molar-refractivity contribution in [3.63, 3.8) is 0 Å². The van der Waals surface area contributed by atoms with Gasteiger partial charge in [0.05, 0.1) is 25.3 Å². The van der Waals surface area contributed by atoms with E-state index in [-0.39, 0.29) is 24.0 Å². The minimum Gasteiger partial charge on any atom is -0.467 e. The lowest BCUT2D eigenvalue weighted by Crippen LogP contribution is -2.35. The standard InChI is InChI=1S/C17H21N3O4/c1-2-23-17(22)13-5-7-20(8-6-13)12-14(10-18)16(21)19-11-15-4-3-9-24-15/h3-4,9,12-13H,2,5-8,11H2,1H3,(H,19,21)/b14-12-. The van der Waals surface area contributed by atoms with Crippen molar-refractivity contribution in [2.45, 2.75) is 26.3 Å². The lowest BCUT2D eigenvalue weighted by atomic mass is 9.97. The van der Waals surface area contributed by atoms with E-state index in [2.05, 4.69) is 5.32 Å². The first-order valence-electron chi connectivity index (χ1n) is 7.97. The van der Waals surface area contributed by atoms with Crippen molar-refractivity contribution in [2.24, 2.45) is 5.92 Å². The van der Waals surface area contributed by atoms with Crippen molar-refractivity contribution in [2.75, 3.05) is 19.7 Å². The first-order chi connectivity index (χ1) is 11.6. The highest BCUT2D eigenvalue weighted by molar-refractivity contribution is 5.97. The lowest BCUT2D eigenvalue weighted by molar-refractivity contribution is -0.149. The molecule has 0 aliphatic carbocycles. The zero-order valence-electron chi connectivity index (χ0n) is 13.7. The first-order valence-corrected chi connectivity index (χ1v) is 7.97. The Morgan fingerprint density at radius 2 is 2.25 bits per heavy atom. The fourth-order valence-corrected chi connectivity index (χ4v) is 2.52. The van der Waals surface area contributed by atoms with Gasteiger partial charge < -0.3 is 19.4 Å². The summed E-state index contributed by atoms with van der Waals surface area (Å²) >= 11 is 0. The number of carbonyl (C=O) groups excluding carboxylic acids is 2. The zero-order chi connectivity index (χ0) is 17.4. The maximum Gasteiger partial charge on any atom is 0.309 e. The topological polar surface area (TPSA) is 95.6 Å². The van der Waals surface area contributed by atoms with Crippen LogP contribution in [0.3, 0.4) is 0 Å². The van der Waals surface area contributed by atoms with Crippen LogP contribution in [0.4, 0.5) is 0 Å². The monoisotopic (exact) mass is 331 g/mol. The van der Waals surface area contributed by atoms with Crippen LogP contribution >= 0.6 is 0 Å². The Morgan fingerprint density at radius 1 is 1.50 bits per heavy atom. The van der Waals surface area contributed by atoms with Gasteiger partial charge in [-0.25, -0.2) is 0 Å². The van der Waals surface area contributed by atoms with Crippen molar-refractivity contribution >= 4 is 11.9 Å². The molecule has 2 heterocycles. The molecular formula is C17H21N3O4. The number of esters is 1. The number of furan rings is 1. The number of nitriles is 1. The molecular weight excluding hydrogens is 310 g/mol. The third-order valence-electron chi connectivity index (χ3n) is 3.83. The van der Waals surface area contributed by atoms with Crippen molar-refractivity contribution in [3.8, 4) is 6.07 Å². The summed E-state index contributed by atoms with van der Waals surface area (Å²) in [5.41, 5.74) is 0.0381. The average Bonchev–Trinajstić information content (AvgIpc) is 3.12. The van der Waals surface area contributed by atoms with Gasteiger partial charge in [-0.05, 0) is 31.9 Å². The quantitative estimate of drug-likeness (QED) is 0.483. The van der Waals surface area contributed by atoms with Crippen molar-refractivity contribution < 1.29 is 18.7 Å². The molecule has 0 atom stereocenters. The molecule has 0 saturated carbocycles. The summed E-state index contributed by atoms with van der Waals surface area (Å²) in [6, 6.07) is 5.40. The summed E-state index contributed by atoms with van der Waals surface area (Å²) in [7, 11) is 0. The third-order valence-corrected chi connectivity index (χ3v) is 3.83. The molecule has 0 bridgehead atoms. The van der Waals surface area contributed by atoms with Gasteiger partial charge >= 0.3 is 5.97 Å². The van der Waals surface area contributed by atoms with Crippen LogP contribution in [0.1, 0.15) is 25.5 Å². The van der Waals surface area contributed by atoms with E-state index in [0.29, 0.717) is 38.3 Å². The molecule has 128 valence electrons. The Morgan fingerprint density at radius 3 is 2.83 bits per heavy atom. The molecule has 1 aliphatic rings. The number of ether oxygens (including phenoxy) is 1. The first kappa shape index (κ1) is 17.6. The molecule has 1 N–H and O–H groups in total. The van der Waals surface area contributed by atoms with Crippen molar-refractivity contribution in [1.29, 1.82) is 5.26 Å². The maximum absolute atomic E-state index is 12.1. The number of hydrogen-bond donors (Lipinski definition) is 1. The summed E-state index contributed by atoms with van der Waals surface area (Å²) in [5, 5.41) is 11.8. The Labute approximate surface area is 140 Å². The molecule has 1 aromatic heterocycles. The van der Waals surface area contributed by atoms with Gasteiger partial charge in [0.2, 0.25) is 0 Å². The van der Waals surface area contributed by atoms with Crippen LogP contribution in [0.15, 0.2) is 34.6 Å². The van der Waals surface area contributed by atoms with Crippen LogP contribution in [0.25, 0.3) is 0 Å². The summed E-state index contributed by atoms with van der Waals surface area (Å²) in [6.45, 7) is 3.62. The minimum absolute atomic E-state index is 0.0381. The average molecular weight is 331 g/mol. The van der Waals surface area contributed by atoms with Gasteiger partial charge in [-0.2, -0.15) is 5.26 Å². The summed E-state index contributed by atoms with van der Waals surface area (Å²) in [5.74, 6) is -0.0944. The van der Waals surface area contributed by atoms with E-state index in [0.717, 1.165) is 0 Å². The molecule has 0 radical (unpaired) electrons.